The molecule has 6 N–H and O–H groups in total. The van der Waals surface area contributed by atoms with Gasteiger partial charge in [-0.2, -0.15) is 0 Å². The van der Waals surface area contributed by atoms with Crippen molar-refractivity contribution >= 4 is 48.0 Å². The maximum absolute atomic E-state index is 12.3. The third-order valence-electron chi connectivity index (χ3n) is 11.6. The van der Waals surface area contributed by atoms with E-state index in [2.05, 4.69) is 43.1 Å². The summed E-state index contributed by atoms with van der Waals surface area (Å²) in [5.74, 6) is 2.94. The van der Waals surface area contributed by atoms with Crippen LogP contribution in [0.4, 0.5) is 5.69 Å². The third-order valence-corrected chi connectivity index (χ3v) is 14.0. The Hall–Kier alpha value is -3.15. The molecule has 0 radical (unpaired) electrons. The van der Waals surface area contributed by atoms with Gasteiger partial charge in [-0.3, -0.25) is 16.1 Å². The van der Waals surface area contributed by atoms with E-state index in [-0.39, 0.29) is 79.7 Å². The summed E-state index contributed by atoms with van der Waals surface area (Å²) in [5, 5.41) is 0.706. The van der Waals surface area contributed by atoms with Crippen molar-refractivity contribution in [3.63, 3.8) is 0 Å². The summed E-state index contributed by atoms with van der Waals surface area (Å²) >= 11 is 0. The Morgan fingerprint density at radius 2 is 1.48 bits per heavy atom. The Labute approximate surface area is 440 Å². The molecule has 1 unspecified atom stereocenters. The van der Waals surface area contributed by atoms with E-state index < -0.39 is 52.2 Å². The van der Waals surface area contributed by atoms with E-state index in [1.54, 1.807) is 25.3 Å². The van der Waals surface area contributed by atoms with Crippen molar-refractivity contribution in [3.05, 3.63) is 82.6 Å². The van der Waals surface area contributed by atoms with E-state index in [9.17, 15) is 43.7 Å². The van der Waals surface area contributed by atoms with Gasteiger partial charge in [-0.15, -0.1) is 5.53 Å². The molecule has 2 aliphatic heterocycles. The smallest absolute Gasteiger partial charge is 0.748 e. The Morgan fingerprint density at radius 3 is 2.10 bits per heavy atom. The summed E-state index contributed by atoms with van der Waals surface area (Å²) < 4.78 is 137. The first-order chi connectivity index (χ1) is 33.0. The predicted molar refractivity (Wildman–Crippen MR) is 258 cm³/mol. The molecule has 3 aliphatic rings. The molecule has 0 fully saturated rings. The summed E-state index contributed by atoms with van der Waals surface area (Å²) in [5.41, 5.74) is 9.38. The van der Waals surface area contributed by atoms with Gasteiger partial charge in [-0.25, -0.2) is 29.8 Å². The van der Waals surface area contributed by atoms with Gasteiger partial charge in [0.15, 0.2) is 6.54 Å². The zero-order chi connectivity index (χ0) is 51.6. The van der Waals surface area contributed by atoms with Gasteiger partial charge in [-0.1, -0.05) is 38.8 Å². The molecule has 21 nitrogen and oxygen atoms in total. The van der Waals surface area contributed by atoms with Crippen LogP contribution in [0.15, 0.2) is 69.6 Å². The molecule has 71 heavy (non-hydrogen) atoms. The second-order valence-electron chi connectivity index (χ2n) is 18.0. The molecule has 0 saturated heterocycles. The van der Waals surface area contributed by atoms with Crippen LogP contribution in [0.2, 0.25) is 0 Å². The van der Waals surface area contributed by atoms with E-state index in [4.69, 9.17) is 23.4 Å². The molecule has 1 amide bonds. The number of nitrogens with zero attached hydrogens (tertiary/aromatic N) is 2. The number of carbonyl (C=O) groups excluding carboxylic acids is 1. The number of benzene rings is 2. The van der Waals surface area contributed by atoms with Gasteiger partial charge in [0.25, 0.3) is 0 Å². The van der Waals surface area contributed by atoms with Crippen LogP contribution in [0, 0.1) is 0 Å². The number of hydrazine groups is 2. The van der Waals surface area contributed by atoms with Crippen LogP contribution >= 0.6 is 0 Å². The molecule has 1 aliphatic carbocycles. The largest absolute Gasteiger partial charge is 1.00 e. The van der Waals surface area contributed by atoms with Crippen LogP contribution < -0.4 is 66.7 Å². The number of rotatable bonds is 31. The molecule has 0 saturated carbocycles. The quantitative estimate of drug-likeness (QED) is 0.0194. The Bertz CT molecular complexity index is 2640. The number of anilines is 1. The minimum Gasteiger partial charge on any atom is -0.748 e. The number of ether oxygens (including phenoxy) is 4. The SMILES string of the molecule is COCCOCCOCCOCC[N+](CCCS(=O)(=O)[O-])=c1ccc2c(C(C)(C)C)cc(/C=C/C=C3/N(CCCCCC(=O)NNN[NH3+])c4ccc(S(=O)(=O)[O-])cc4C3(C)CCCS(=O)(=O)[O-])oc-2c1.[Na+]. The molecule has 2 heterocycles. The number of nitrogens with one attached hydrogen (secondary N) is 3. The van der Waals surface area contributed by atoms with Crippen LogP contribution in [0.3, 0.4) is 0 Å². The number of hydrogen-bond acceptors (Lipinski definition) is 18. The minimum atomic E-state index is -4.88. The molecular weight excluding hydrogens is 996 g/mol. The Kier molecular flexibility index (Phi) is 25.4. The Morgan fingerprint density at radius 1 is 0.831 bits per heavy atom. The number of amides is 1. The number of quaternary nitrogens is 1. The number of carbonyl (C=O) groups is 1. The number of methoxy groups -OCH3 is 1. The van der Waals surface area contributed by atoms with Gasteiger partial charge >= 0.3 is 29.6 Å². The van der Waals surface area contributed by atoms with Crippen molar-refractivity contribution in [3.8, 4) is 11.3 Å². The van der Waals surface area contributed by atoms with Gasteiger partial charge in [0.2, 0.25) is 11.3 Å². The van der Waals surface area contributed by atoms with Crippen LogP contribution in [0.25, 0.3) is 17.4 Å². The molecular formula is C46H69N6NaO15S3. The number of hydrogen-bond donors (Lipinski definition) is 4. The maximum atomic E-state index is 12.3. The van der Waals surface area contributed by atoms with Crippen molar-refractivity contribution in [2.75, 3.05) is 89.4 Å². The zero-order valence-corrected chi connectivity index (χ0v) is 46.1. The van der Waals surface area contributed by atoms with Crippen LogP contribution in [0.5, 0.6) is 0 Å². The summed E-state index contributed by atoms with van der Waals surface area (Å²) in [4.78, 5) is 13.7. The van der Waals surface area contributed by atoms with Crippen molar-refractivity contribution in [1.82, 2.24) is 21.1 Å². The van der Waals surface area contributed by atoms with Crippen molar-refractivity contribution in [2.45, 2.75) is 88.4 Å². The monoisotopic (exact) mass is 1060 g/mol. The number of allylic oxidation sites excluding steroid dienone is 3. The molecule has 0 bridgehead atoms. The molecule has 1 aromatic carbocycles. The van der Waals surface area contributed by atoms with Crippen molar-refractivity contribution in [1.29, 1.82) is 0 Å². The summed E-state index contributed by atoms with van der Waals surface area (Å²) in [6.07, 6.45) is 7.51. The van der Waals surface area contributed by atoms with Gasteiger partial charge < -0.3 is 41.9 Å². The predicted octanol–water partition coefficient (Wildman–Crippen LogP) is -1.16. The standard InChI is InChI=1S/C46H70N6O15S3.Na/c1-45(2,3)39-33-36(67-42-32-35(15-17-38(39)42)51(20-11-31-69(57,58)59)22-23-64-26-27-66-29-28-65-25-24-63-5)12-9-13-43-46(4,19-10-30-68(54,55)56)40-34-37(70(60,61)62)16-18-41(40)52(43)21-8-6-7-14-44(53)48-50-49-47;/h9,12-13,15-18,32-34,49-50H,6-8,10-11,14,19-31,47H2,1-5H3,(H3-,48,53,54,55,56,57,58,59,60,61,62);/q;+1/p-1. The first-order valence-electron chi connectivity index (χ1n) is 23.1. The number of unbranched alkanes of at least 4 members (excludes halogenated alkanes) is 2. The average Bonchev–Trinajstić information content (AvgIpc) is 3.50. The second kappa shape index (κ2) is 29.1. The van der Waals surface area contributed by atoms with Crippen LogP contribution in [-0.4, -0.2) is 129 Å². The summed E-state index contributed by atoms with van der Waals surface area (Å²) in [6.45, 7) is 11.8. The first-order valence-corrected chi connectivity index (χ1v) is 27.6. The minimum absolute atomic E-state index is 0. The fraction of sp³-hybridized carbons (Fsp3) is 0.565. The number of fused-ring (bicyclic) bond motifs is 2. The van der Waals surface area contributed by atoms with Crippen LogP contribution in [-0.2, 0) is 64.9 Å². The Balaban J connectivity index is 0.0000133. The fourth-order valence-electron chi connectivity index (χ4n) is 8.19. The van der Waals surface area contributed by atoms with Crippen molar-refractivity contribution in [2.24, 2.45) is 0 Å². The van der Waals surface area contributed by atoms with Crippen LogP contribution in [0.1, 0.15) is 89.5 Å². The molecule has 1 aromatic rings. The maximum Gasteiger partial charge on any atom is 1.00 e. The van der Waals surface area contributed by atoms with E-state index in [1.807, 2.05) is 46.7 Å². The first kappa shape index (κ1) is 62.1. The van der Waals surface area contributed by atoms with Gasteiger partial charge in [-0.05, 0) is 91.6 Å². The zero-order valence-electron chi connectivity index (χ0n) is 41.7. The van der Waals surface area contributed by atoms with Crippen molar-refractivity contribution < 1.29 is 102 Å². The molecule has 25 heteroatoms. The normalized spacial score (nSPS) is 16.5. The average molecular weight is 1070 g/mol. The fourth-order valence-corrected chi connectivity index (χ4v) is 9.67. The summed E-state index contributed by atoms with van der Waals surface area (Å²) in [6, 6.07) is 11.7. The van der Waals surface area contributed by atoms with Gasteiger partial charge in [0, 0.05) is 66.4 Å². The molecule has 0 aromatic heterocycles. The molecule has 0 spiro atoms. The van der Waals surface area contributed by atoms with E-state index in [0.29, 0.717) is 106 Å². The van der Waals surface area contributed by atoms with E-state index >= 15 is 0 Å². The molecule has 1 atom stereocenters. The molecule has 392 valence electrons. The third kappa shape index (κ3) is 20.6. The van der Waals surface area contributed by atoms with E-state index in [1.165, 1.54) is 12.1 Å². The summed E-state index contributed by atoms with van der Waals surface area (Å²) in [7, 11) is -12.3. The van der Waals surface area contributed by atoms with Gasteiger partial charge in [0.1, 0.15) is 34.8 Å². The topological polar surface area (TPSA) is 309 Å². The van der Waals surface area contributed by atoms with E-state index in [0.717, 1.165) is 11.1 Å². The van der Waals surface area contributed by atoms with Gasteiger partial charge in [0.05, 0.1) is 70.8 Å². The second-order valence-corrected chi connectivity index (χ2v) is 22.4. The molecule has 4 rings (SSSR count).